The third-order valence-corrected chi connectivity index (χ3v) is 10.9. The summed E-state index contributed by atoms with van der Waals surface area (Å²) < 4.78 is 54.0. The quantitative estimate of drug-likeness (QED) is 0.413. The monoisotopic (exact) mass is 555 g/mol. The lowest BCUT2D eigenvalue weighted by Crippen LogP contribution is -2.59. The van der Waals surface area contributed by atoms with E-state index >= 15 is 0 Å². The van der Waals surface area contributed by atoms with Crippen LogP contribution < -0.4 is 5.32 Å². The maximum Gasteiger partial charge on any atom is 0.255 e. The van der Waals surface area contributed by atoms with E-state index in [1.807, 2.05) is 0 Å². The summed E-state index contributed by atoms with van der Waals surface area (Å²) in [5.41, 5.74) is -1.59. The molecule has 3 aliphatic rings. The number of halogens is 3. The molecule has 7 nitrogen and oxygen atoms in total. The number of carbonyl (C=O) groups excluding carboxylic acids is 1. The highest BCUT2D eigenvalue weighted by atomic mass is 35.5. The van der Waals surface area contributed by atoms with Crippen LogP contribution in [0.5, 0.6) is 0 Å². The Morgan fingerprint density at radius 2 is 1.65 bits per heavy atom. The standard InChI is InChI=1S/C26H28ClF2NO6S/c27-19-7-3-14(25(33)30-17-6-8-20(28)21(29)12-17)9-22(19)37(35,36)18-10-15-4-5-16(11-18)26(15,34)24(32)23(31)13-1-2-13/h3,6-9,12-13,15-16,18,23-24,31-32,34H,1-2,4-5,10-11H2,(H,30,33)/t15-,16+,18?,23-,24+,26?/m0/s1. The van der Waals surface area contributed by atoms with Crippen LogP contribution in [-0.4, -0.2) is 52.7 Å². The number of hydrogen-bond donors (Lipinski definition) is 4. The number of carbonyl (C=O) groups is 1. The molecule has 3 fully saturated rings. The molecule has 0 spiro atoms. The van der Waals surface area contributed by atoms with Crippen molar-refractivity contribution in [2.45, 2.75) is 66.5 Å². The van der Waals surface area contributed by atoms with E-state index in [9.17, 15) is 37.3 Å². The lowest BCUT2D eigenvalue weighted by atomic mass is 9.69. The van der Waals surface area contributed by atoms with Gasteiger partial charge in [0.15, 0.2) is 21.5 Å². The van der Waals surface area contributed by atoms with Crippen LogP contribution in [0.1, 0.15) is 48.9 Å². The van der Waals surface area contributed by atoms with Gasteiger partial charge < -0.3 is 20.6 Å². The summed E-state index contributed by atoms with van der Waals surface area (Å²) in [6, 6.07) is 6.63. The Labute approximate surface area is 218 Å². The van der Waals surface area contributed by atoms with Gasteiger partial charge in [-0.25, -0.2) is 17.2 Å². The van der Waals surface area contributed by atoms with Crippen LogP contribution in [-0.2, 0) is 9.84 Å². The van der Waals surface area contributed by atoms with Crippen LogP contribution in [0.4, 0.5) is 14.5 Å². The molecule has 2 aromatic carbocycles. The van der Waals surface area contributed by atoms with Gasteiger partial charge in [0.1, 0.15) is 6.10 Å². The molecule has 2 bridgehead atoms. The number of fused-ring (bicyclic) bond motifs is 2. The molecular formula is C26H28ClF2NO6S. The van der Waals surface area contributed by atoms with Gasteiger partial charge in [-0.1, -0.05) is 11.6 Å². The third kappa shape index (κ3) is 4.67. The number of benzene rings is 2. The minimum Gasteiger partial charge on any atom is -0.390 e. The first-order chi connectivity index (χ1) is 17.4. The zero-order valence-corrected chi connectivity index (χ0v) is 21.4. The SMILES string of the molecule is O=C(Nc1ccc(F)c(F)c1)c1ccc(Cl)c(S(=O)(=O)C2C[C@H]3CC[C@@H](C2)C3(O)[C@H](O)[C@@H](O)C2CC2)c1. The number of anilines is 1. The third-order valence-electron chi connectivity index (χ3n) is 8.28. The molecule has 3 saturated carbocycles. The number of aliphatic hydroxyl groups is 3. The Bertz CT molecular complexity index is 1320. The van der Waals surface area contributed by atoms with Crippen molar-refractivity contribution in [2.24, 2.45) is 17.8 Å². The van der Waals surface area contributed by atoms with Crippen molar-refractivity contribution in [3.05, 3.63) is 58.6 Å². The average molecular weight is 556 g/mol. The van der Waals surface area contributed by atoms with Crippen LogP contribution in [0.25, 0.3) is 0 Å². The Morgan fingerprint density at radius 1 is 1.00 bits per heavy atom. The number of amides is 1. The zero-order valence-electron chi connectivity index (χ0n) is 19.8. The summed E-state index contributed by atoms with van der Waals surface area (Å²) in [7, 11) is -4.04. The summed E-state index contributed by atoms with van der Waals surface area (Å²) in [6.45, 7) is 0. The minimum atomic E-state index is -4.04. The van der Waals surface area contributed by atoms with Gasteiger partial charge in [0.25, 0.3) is 5.91 Å². The Morgan fingerprint density at radius 3 is 2.24 bits per heavy atom. The van der Waals surface area contributed by atoms with Crippen molar-refractivity contribution in [3.8, 4) is 0 Å². The second-order valence-corrected chi connectivity index (χ2v) is 13.1. The van der Waals surface area contributed by atoms with Crippen LogP contribution in [0.15, 0.2) is 41.3 Å². The predicted octanol–water partition coefficient (Wildman–Crippen LogP) is 3.70. The Hall–Kier alpha value is -2.11. The Balaban J connectivity index is 1.37. The van der Waals surface area contributed by atoms with Crippen molar-refractivity contribution < 1.29 is 37.3 Å². The van der Waals surface area contributed by atoms with Gasteiger partial charge in [0.05, 0.1) is 26.9 Å². The van der Waals surface area contributed by atoms with E-state index < -0.39 is 62.3 Å². The van der Waals surface area contributed by atoms with Crippen molar-refractivity contribution in [2.75, 3.05) is 5.32 Å². The molecule has 0 radical (unpaired) electrons. The van der Waals surface area contributed by atoms with E-state index in [-0.39, 0.29) is 39.9 Å². The fourth-order valence-corrected chi connectivity index (χ4v) is 8.47. The molecule has 6 atom stereocenters. The molecule has 0 aromatic heterocycles. The molecule has 0 heterocycles. The highest BCUT2D eigenvalue weighted by Crippen LogP contribution is 2.55. The van der Waals surface area contributed by atoms with Crippen molar-refractivity contribution in [1.29, 1.82) is 0 Å². The van der Waals surface area contributed by atoms with E-state index in [4.69, 9.17) is 11.6 Å². The molecule has 11 heteroatoms. The Kier molecular flexibility index (Phi) is 6.85. The molecule has 3 aliphatic carbocycles. The first-order valence-electron chi connectivity index (χ1n) is 12.3. The smallest absolute Gasteiger partial charge is 0.255 e. The molecule has 37 heavy (non-hydrogen) atoms. The molecule has 200 valence electrons. The second-order valence-electron chi connectivity index (χ2n) is 10.5. The average Bonchev–Trinajstić information content (AvgIpc) is 3.68. The molecule has 0 aliphatic heterocycles. The topological polar surface area (TPSA) is 124 Å². The van der Waals surface area contributed by atoms with Gasteiger partial charge in [-0.15, -0.1) is 0 Å². The molecule has 0 saturated heterocycles. The first kappa shape index (κ1) is 26.5. The summed E-state index contributed by atoms with van der Waals surface area (Å²) in [4.78, 5) is 12.5. The van der Waals surface area contributed by atoms with Crippen LogP contribution in [0.3, 0.4) is 0 Å². The van der Waals surface area contributed by atoms with E-state index in [0.717, 1.165) is 31.0 Å². The van der Waals surface area contributed by atoms with Crippen molar-refractivity contribution in [3.63, 3.8) is 0 Å². The summed E-state index contributed by atoms with van der Waals surface area (Å²) >= 11 is 6.26. The summed E-state index contributed by atoms with van der Waals surface area (Å²) in [6.07, 6.45) is 0.446. The van der Waals surface area contributed by atoms with Crippen LogP contribution in [0, 0.1) is 29.4 Å². The lowest BCUT2D eigenvalue weighted by molar-refractivity contribution is -0.179. The summed E-state index contributed by atoms with van der Waals surface area (Å²) in [5.74, 6) is -3.99. The maximum absolute atomic E-state index is 13.7. The first-order valence-corrected chi connectivity index (χ1v) is 14.2. The molecule has 2 aromatic rings. The lowest BCUT2D eigenvalue weighted by Gasteiger charge is -2.46. The van der Waals surface area contributed by atoms with Gasteiger partial charge in [-0.3, -0.25) is 4.79 Å². The van der Waals surface area contributed by atoms with E-state index in [1.54, 1.807) is 0 Å². The molecule has 5 rings (SSSR count). The van der Waals surface area contributed by atoms with Gasteiger partial charge >= 0.3 is 0 Å². The zero-order chi connectivity index (χ0) is 26.7. The number of nitrogens with one attached hydrogen (secondary N) is 1. The molecule has 4 N–H and O–H groups in total. The molecular weight excluding hydrogens is 528 g/mol. The number of rotatable bonds is 7. The van der Waals surface area contributed by atoms with Crippen LogP contribution >= 0.6 is 11.6 Å². The normalized spacial score (nSPS) is 29.1. The van der Waals surface area contributed by atoms with Gasteiger partial charge in [-0.2, -0.15) is 0 Å². The fourth-order valence-electron chi connectivity index (χ4n) is 6.07. The van der Waals surface area contributed by atoms with Crippen molar-refractivity contribution in [1.82, 2.24) is 0 Å². The number of sulfone groups is 1. The van der Waals surface area contributed by atoms with Crippen molar-refractivity contribution >= 4 is 33.0 Å². The minimum absolute atomic E-state index is 0.00154. The van der Waals surface area contributed by atoms with E-state index in [0.29, 0.717) is 12.8 Å². The highest BCUT2D eigenvalue weighted by molar-refractivity contribution is 7.92. The van der Waals surface area contributed by atoms with Crippen LogP contribution in [0.2, 0.25) is 5.02 Å². The van der Waals surface area contributed by atoms with E-state index in [1.165, 1.54) is 18.2 Å². The fraction of sp³-hybridized carbons (Fsp3) is 0.500. The van der Waals surface area contributed by atoms with Gasteiger partial charge in [0.2, 0.25) is 0 Å². The van der Waals surface area contributed by atoms with Gasteiger partial charge in [-0.05, 0) is 86.6 Å². The maximum atomic E-state index is 13.7. The highest BCUT2D eigenvalue weighted by Gasteiger charge is 2.61. The number of aliphatic hydroxyl groups excluding tert-OH is 2. The number of hydrogen-bond acceptors (Lipinski definition) is 6. The van der Waals surface area contributed by atoms with E-state index in [2.05, 4.69) is 5.32 Å². The second kappa shape index (κ2) is 9.57. The van der Waals surface area contributed by atoms with Gasteiger partial charge in [0, 0.05) is 17.3 Å². The largest absolute Gasteiger partial charge is 0.390 e. The molecule has 1 amide bonds. The summed E-state index contributed by atoms with van der Waals surface area (Å²) in [5, 5.41) is 34.2. The predicted molar refractivity (Wildman–Crippen MR) is 132 cm³/mol. The molecule has 2 unspecified atom stereocenters.